The molecule has 1 aliphatic heterocycles. The quantitative estimate of drug-likeness (QED) is 0.425. The van der Waals surface area contributed by atoms with Crippen LogP contribution in [-0.4, -0.2) is 42.5 Å². The minimum atomic E-state index is -3.82. The van der Waals surface area contributed by atoms with Crippen molar-refractivity contribution in [2.24, 2.45) is 5.10 Å². The normalized spacial score (nSPS) is 17.7. The second-order valence-electron chi connectivity index (χ2n) is 6.30. The third-order valence-corrected chi connectivity index (χ3v) is 7.74. The molecular formula is C18H16Br2ClN3O4S. The van der Waals surface area contributed by atoms with Gasteiger partial charge in [0.15, 0.2) is 0 Å². The molecule has 1 saturated heterocycles. The molecule has 1 fully saturated rings. The van der Waals surface area contributed by atoms with Gasteiger partial charge in [-0.1, -0.05) is 11.6 Å². The second-order valence-corrected chi connectivity index (χ2v) is 10.3. The second kappa shape index (κ2) is 9.13. The number of hydrogen-bond donors (Lipinski definition) is 2. The van der Waals surface area contributed by atoms with Crippen LogP contribution >= 0.6 is 43.5 Å². The summed E-state index contributed by atoms with van der Waals surface area (Å²) in [7, 11) is -3.82. The number of amides is 1. The monoisotopic (exact) mass is 563 g/mol. The molecule has 0 unspecified atom stereocenters. The van der Waals surface area contributed by atoms with E-state index in [0.29, 0.717) is 32.4 Å². The van der Waals surface area contributed by atoms with Crippen LogP contribution in [0, 0.1) is 0 Å². The van der Waals surface area contributed by atoms with Crippen LogP contribution in [0.4, 0.5) is 0 Å². The first-order valence-electron chi connectivity index (χ1n) is 8.48. The number of aromatic hydroxyl groups is 1. The third-order valence-electron chi connectivity index (χ3n) is 4.35. The number of hydrogen-bond acceptors (Lipinski definition) is 5. The number of rotatable bonds is 5. The Labute approximate surface area is 190 Å². The molecule has 1 heterocycles. The zero-order valence-corrected chi connectivity index (χ0v) is 19.6. The third kappa shape index (κ3) is 5.00. The van der Waals surface area contributed by atoms with Gasteiger partial charge in [-0.2, -0.15) is 9.41 Å². The standard InChI is InChI=1S/C18H16Br2ClN3O4S/c19-14-8-11(9-15(20)17(14)25)10-22-23-18(26)16-2-1-7-24(16)29(27,28)13-5-3-12(21)4-6-13/h3-6,8-10,16,25H,1-2,7H2,(H,23,26)/b22-10-/t16-/m0/s1. The Balaban J connectivity index is 1.72. The molecule has 7 nitrogen and oxygen atoms in total. The summed E-state index contributed by atoms with van der Waals surface area (Å²) in [5.41, 5.74) is 3.02. The fraction of sp³-hybridized carbons (Fsp3) is 0.222. The lowest BCUT2D eigenvalue weighted by molar-refractivity contribution is -0.124. The number of sulfonamides is 1. The molecule has 1 amide bonds. The predicted octanol–water partition coefficient (Wildman–Crippen LogP) is 3.87. The number of carbonyl (C=O) groups excluding carboxylic acids is 1. The molecule has 0 bridgehead atoms. The number of carbonyl (C=O) groups is 1. The molecule has 2 aromatic rings. The maximum absolute atomic E-state index is 12.9. The number of nitrogens with zero attached hydrogens (tertiary/aromatic N) is 2. The van der Waals surface area contributed by atoms with Crippen LogP contribution in [-0.2, 0) is 14.8 Å². The van der Waals surface area contributed by atoms with Crippen molar-refractivity contribution in [3.05, 3.63) is 55.9 Å². The molecule has 2 N–H and O–H groups in total. The molecule has 2 aromatic carbocycles. The Morgan fingerprint density at radius 2 is 1.86 bits per heavy atom. The Morgan fingerprint density at radius 1 is 1.24 bits per heavy atom. The number of phenols is 1. The largest absolute Gasteiger partial charge is 0.506 e. The number of hydrazone groups is 1. The van der Waals surface area contributed by atoms with Gasteiger partial charge in [-0.3, -0.25) is 4.79 Å². The Kier molecular flexibility index (Phi) is 7.00. The van der Waals surface area contributed by atoms with Crippen LogP contribution in [0.2, 0.25) is 5.02 Å². The van der Waals surface area contributed by atoms with Gasteiger partial charge in [-0.05, 0) is 86.7 Å². The fourth-order valence-corrected chi connectivity index (χ4v) is 5.94. The fourth-order valence-electron chi connectivity index (χ4n) is 2.94. The van der Waals surface area contributed by atoms with Gasteiger partial charge in [-0.15, -0.1) is 0 Å². The molecule has 0 aromatic heterocycles. The first-order valence-corrected chi connectivity index (χ1v) is 11.9. The molecule has 29 heavy (non-hydrogen) atoms. The number of halogens is 3. The molecule has 3 rings (SSSR count). The van der Waals surface area contributed by atoms with Crippen LogP contribution in [0.5, 0.6) is 5.75 Å². The molecule has 1 atom stereocenters. The van der Waals surface area contributed by atoms with E-state index < -0.39 is 22.0 Å². The average molecular weight is 566 g/mol. The minimum Gasteiger partial charge on any atom is -0.506 e. The Morgan fingerprint density at radius 3 is 2.48 bits per heavy atom. The van der Waals surface area contributed by atoms with Gasteiger partial charge in [0.1, 0.15) is 11.8 Å². The first kappa shape index (κ1) is 22.2. The van der Waals surface area contributed by atoms with Crippen LogP contribution in [0.3, 0.4) is 0 Å². The van der Waals surface area contributed by atoms with E-state index in [4.69, 9.17) is 11.6 Å². The summed E-state index contributed by atoms with van der Waals surface area (Å²) in [6, 6.07) is 8.25. The zero-order valence-electron chi connectivity index (χ0n) is 14.8. The van der Waals surface area contributed by atoms with Gasteiger partial charge in [0.2, 0.25) is 10.0 Å². The summed E-state index contributed by atoms with van der Waals surface area (Å²) in [6.45, 7) is 0.255. The SMILES string of the molecule is O=C(N/N=C\c1cc(Br)c(O)c(Br)c1)[C@@H]1CCCN1S(=O)(=O)c1ccc(Cl)cc1. The van der Waals surface area contributed by atoms with Crippen molar-refractivity contribution in [1.82, 2.24) is 9.73 Å². The molecule has 154 valence electrons. The van der Waals surface area contributed by atoms with Crippen molar-refractivity contribution < 1.29 is 18.3 Å². The van der Waals surface area contributed by atoms with E-state index in [2.05, 4.69) is 42.4 Å². The van der Waals surface area contributed by atoms with Gasteiger partial charge < -0.3 is 5.11 Å². The summed E-state index contributed by atoms with van der Waals surface area (Å²) < 4.78 is 27.9. The molecule has 1 aliphatic rings. The van der Waals surface area contributed by atoms with Crippen LogP contribution in [0.15, 0.2) is 55.3 Å². The molecule has 11 heteroatoms. The van der Waals surface area contributed by atoms with E-state index in [0.717, 1.165) is 0 Å². The highest BCUT2D eigenvalue weighted by atomic mass is 79.9. The highest BCUT2D eigenvalue weighted by molar-refractivity contribution is 9.11. The van der Waals surface area contributed by atoms with E-state index in [9.17, 15) is 18.3 Å². The van der Waals surface area contributed by atoms with E-state index in [-0.39, 0.29) is 17.2 Å². The first-order chi connectivity index (χ1) is 13.7. The van der Waals surface area contributed by atoms with Gasteiger partial charge in [0, 0.05) is 11.6 Å². The smallest absolute Gasteiger partial charge is 0.258 e. The molecule has 0 saturated carbocycles. The maximum atomic E-state index is 12.9. The summed E-state index contributed by atoms with van der Waals surface area (Å²) in [5, 5.41) is 14.1. The molecule has 0 aliphatic carbocycles. The number of phenolic OH excluding ortho intramolecular Hbond substituents is 1. The lowest BCUT2D eigenvalue weighted by atomic mass is 10.2. The summed E-state index contributed by atoms with van der Waals surface area (Å²) in [6.07, 6.45) is 2.39. The van der Waals surface area contributed by atoms with Crippen molar-refractivity contribution in [3.8, 4) is 5.75 Å². The van der Waals surface area contributed by atoms with Crippen molar-refractivity contribution in [2.75, 3.05) is 6.54 Å². The summed E-state index contributed by atoms with van der Waals surface area (Å²) in [4.78, 5) is 12.6. The van der Waals surface area contributed by atoms with Gasteiger partial charge in [-0.25, -0.2) is 13.8 Å². The number of nitrogens with one attached hydrogen (secondary N) is 1. The topological polar surface area (TPSA) is 99.1 Å². The van der Waals surface area contributed by atoms with Gasteiger partial charge in [0.25, 0.3) is 5.91 Å². The van der Waals surface area contributed by atoms with Crippen LogP contribution in [0.1, 0.15) is 18.4 Å². The van der Waals surface area contributed by atoms with E-state index in [1.807, 2.05) is 0 Å². The predicted molar refractivity (Wildman–Crippen MR) is 118 cm³/mol. The highest BCUT2D eigenvalue weighted by Crippen LogP contribution is 2.33. The summed E-state index contributed by atoms with van der Waals surface area (Å²) in [5.74, 6) is -0.451. The minimum absolute atomic E-state index is 0.0557. The Hall–Kier alpha value is -1.46. The van der Waals surface area contributed by atoms with Crippen LogP contribution < -0.4 is 5.43 Å². The molecule has 0 spiro atoms. The average Bonchev–Trinajstić information content (AvgIpc) is 3.17. The maximum Gasteiger partial charge on any atom is 0.258 e. The summed E-state index contributed by atoms with van der Waals surface area (Å²) >= 11 is 12.3. The van der Waals surface area contributed by atoms with Crippen LogP contribution in [0.25, 0.3) is 0 Å². The number of benzene rings is 2. The van der Waals surface area contributed by atoms with Crippen molar-refractivity contribution in [1.29, 1.82) is 0 Å². The van der Waals surface area contributed by atoms with E-state index in [1.54, 1.807) is 12.1 Å². The lowest BCUT2D eigenvalue weighted by Crippen LogP contribution is -2.44. The van der Waals surface area contributed by atoms with Crippen molar-refractivity contribution in [3.63, 3.8) is 0 Å². The van der Waals surface area contributed by atoms with Crippen molar-refractivity contribution in [2.45, 2.75) is 23.8 Å². The zero-order chi connectivity index (χ0) is 21.2. The van der Waals surface area contributed by atoms with E-state index in [1.165, 1.54) is 34.8 Å². The van der Waals surface area contributed by atoms with Gasteiger partial charge >= 0.3 is 0 Å². The highest BCUT2D eigenvalue weighted by Gasteiger charge is 2.39. The molecule has 0 radical (unpaired) electrons. The van der Waals surface area contributed by atoms with E-state index >= 15 is 0 Å². The lowest BCUT2D eigenvalue weighted by Gasteiger charge is -2.22. The van der Waals surface area contributed by atoms with Gasteiger partial charge in [0.05, 0.1) is 20.1 Å². The van der Waals surface area contributed by atoms with Crippen molar-refractivity contribution >= 4 is 65.6 Å². The Bertz CT molecular complexity index is 1040. The molecular weight excluding hydrogens is 550 g/mol.